The zero-order valence-electron chi connectivity index (χ0n) is 17.3. The highest BCUT2D eigenvalue weighted by Crippen LogP contribution is 2.21. The lowest BCUT2D eigenvalue weighted by Crippen LogP contribution is -2.45. The Labute approximate surface area is 178 Å². The number of morpholine rings is 1. The van der Waals surface area contributed by atoms with Gasteiger partial charge >= 0.3 is 0 Å². The van der Waals surface area contributed by atoms with Gasteiger partial charge in [-0.1, -0.05) is 18.2 Å². The number of ether oxygens (including phenoxy) is 1. The molecule has 1 aliphatic heterocycles. The van der Waals surface area contributed by atoms with E-state index in [1.54, 1.807) is 10.9 Å². The van der Waals surface area contributed by atoms with Crippen molar-refractivity contribution in [2.75, 3.05) is 23.3 Å². The molecule has 0 aliphatic carbocycles. The Morgan fingerprint density at radius 2 is 1.84 bits per heavy atom. The van der Waals surface area contributed by atoms with Crippen LogP contribution >= 0.6 is 0 Å². The van der Waals surface area contributed by atoms with Crippen molar-refractivity contribution in [3.8, 4) is 5.69 Å². The Balaban J connectivity index is 1.41. The van der Waals surface area contributed by atoms with Crippen LogP contribution in [0.15, 0.2) is 59.7 Å². The molecular formula is C22H23N7O2. The van der Waals surface area contributed by atoms with Crippen molar-refractivity contribution in [3.05, 3.63) is 65.2 Å². The molecule has 158 valence electrons. The molecule has 1 saturated heterocycles. The molecule has 1 aliphatic rings. The number of nitrogens with zero attached hydrogens (tertiary/aromatic N) is 5. The fourth-order valence-electron chi connectivity index (χ4n) is 3.88. The van der Waals surface area contributed by atoms with Crippen molar-refractivity contribution in [1.82, 2.24) is 24.7 Å². The Kier molecular flexibility index (Phi) is 4.87. The highest BCUT2D eigenvalue weighted by Gasteiger charge is 2.23. The minimum atomic E-state index is -0.254. The molecule has 0 spiro atoms. The summed E-state index contributed by atoms with van der Waals surface area (Å²) in [5.41, 5.74) is 1.79. The van der Waals surface area contributed by atoms with E-state index in [0.29, 0.717) is 17.0 Å². The van der Waals surface area contributed by atoms with Gasteiger partial charge in [0, 0.05) is 13.1 Å². The first kappa shape index (κ1) is 19.3. The Hall–Kier alpha value is -3.72. The molecule has 9 nitrogen and oxygen atoms in total. The van der Waals surface area contributed by atoms with Crippen LogP contribution in [0.1, 0.15) is 13.8 Å². The number of rotatable bonds is 4. The smallest absolute Gasteiger partial charge is 0.263 e. The molecule has 2 unspecified atom stereocenters. The summed E-state index contributed by atoms with van der Waals surface area (Å²) in [6.45, 7) is 5.74. The normalized spacial score (nSPS) is 19.0. The van der Waals surface area contributed by atoms with Crippen molar-refractivity contribution >= 4 is 28.5 Å². The maximum Gasteiger partial charge on any atom is 0.263 e. The van der Waals surface area contributed by atoms with E-state index in [9.17, 15) is 4.79 Å². The molecule has 3 aromatic heterocycles. The van der Waals surface area contributed by atoms with Gasteiger partial charge in [-0.3, -0.25) is 9.78 Å². The third-order valence-corrected chi connectivity index (χ3v) is 5.19. The number of anilines is 3. The molecule has 2 N–H and O–H groups in total. The van der Waals surface area contributed by atoms with Crippen molar-refractivity contribution in [2.45, 2.75) is 26.1 Å². The van der Waals surface area contributed by atoms with Crippen LogP contribution in [0, 0.1) is 0 Å². The summed E-state index contributed by atoms with van der Waals surface area (Å²) in [6.07, 6.45) is 3.59. The van der Waals surface area contributed by atoms with Crippen LogP contribution < -0.4 is 15.8 Å². The summed E-state index contributed by atoms with van der Waals surface area (Å²) in [7, 11) is 0. The minimum absolute atomic E-state index is 0.166. The number of para-hydroxylation sites is 1. The number of fused-ring (bicyclic) bond motifs is 1. The van der Waals surface area contributed by atoms with E-state index in [1.165, 1.54) is 6.20 Å². The maximum absolute atomic E-state index is 12.5. The highest BCUT2D eigenvalue weighted by molar-refractivity contribution is 5.76. The van der Waals surface area contributed by atoms with Gasteiger partial charge in [0.05, 0.1) is 36.0 Å². The molecular weight excluding hydrogens is 394 g/mol. The van der Waals surface area contributed by atoms with Crippen molar-refractivity contribution in [3.63, 3.8) is 0 Å². The minimum Gasteiger partial charge on any atom is -0.372 e. The number of aromatic amines is 1. The van der Waals surface area contributed by atoms with Crippen LogP contribution in [0.2, 0.25) is 0 Å². The standard InChI is InChI=1S/C22H23N7O2/c1-14-12-28(13-15(2)31-14)19-9-8-16(10-23-19)25-22-26-20-18(21(30)27-22)11-24-29(20)17-6-4-3-5-7-17/h3-11,14-15H,12-13H2,1-2H3,(H2,25,26,27,30). The predicted octanol–water partition coefficient (Wildman–Crippen LogP) is 2.86. The molecule has 9 heteroatoms. The van der Waals surface area contributed by atoms with Gasteiger partial charge in [0.15, 0.2) is 5.65 Å². The average molecular weight is 417 g/mol. The van der Waals surface area contributed by atoms with E-state index in [2.05, 4.69) is 44.1 Å². The quantitative estimate of drug-likeness (QED) is 0.526. The molecule has 4 heterocycles. The molecule has 4 aromatic rings. The second-order valence-corrected chi connectivity index (χ2v) is 7.74. The van der Waals surface area contributed by atoms with Gasteiger partial charge in [0.25, 0.3) is 5.56 Å². The maximum atomic E-state index is 12.5. The van der Waals surface area contributed by atoms with Gasteiger partial charge in [-0.15, -0.1) is 0 Å². The Morgan fingerprint density at radius 1 is 1.06 bits per heavy atom. The van der Waals surface area contributed by atoms with Gasteiger partial charge in [-0.2, -0.15) is 10.1 Å². The van der Waals surface area contributed by atoms with Gasteiger partial charge in [-0.05, 0) is 38.1 Å². The molecule has 5 rings (SSSR count). The number of hydrogen-bond donors (Lipinski definition) is 2. The van der Waals surface area contributed by atoms with Gasteiger partial charge in [0.2, 0.25) is 5.95 Å². The first-order valence-corrected chi connectivity index (χ1v) is 10.2. The van der Waals surface area contributed by atoms with Crippen molar-refractivity contribution in [1.29, 1.82) is 0 Å². The number of pyridine rings is 1. The van der Waals surface area contributed by atoms with Crippen molar-refractivity contribution < 1.29 is 4.74 Å². The lowest BCUT2D eigenvalue weighted by Gasteiger charge is -2.36. The third-order valence-electron chi connectivity index (χ3n) is 5.19. The van der Waals surface area contributed by atoms with E-state index < -0.39 is 0 Å². The molecule has 31 heavy (non-hydrogen) atoms. The summed E-state index contributed by atoms with van der Waals surface area (Å²) in [5.74, 6) is 1.23. The Bertz CT molecular complexity index is 1240. The number of benzene rings is 1. The largest absolute Gasteiger partial charge is 0.372 e. The predicted molar refractivity (Wildman–Crippen MR) is 119 cm³/mol. The monoisotopic (exact) mass is 417 g/mol. The highest BCUT2D eigenvalue weighted by atomic mass is 16.5. The van der Waals surface area contributed by atoms with Crippen LogP contribution in [-0.2, 0) is 4.74 Å². The second-order valence-electron chi connectivity index (χ2n) is 7.74. The lowest BCUT2D eigenvalue weighted by molar-refractivity contribution is -0.00545. The fourth-order valence-corrected chi connectivity index (χ4v) is 3.88. The zero-order valence-corrected chi connectivity index (χ0v) is 17.3. The van der Waals surface area contributed by atoms with E-state index >= 15 is 0 Å². The second kappa shape index (κ2) is 7.84. The fraction of sp³-hybridized carbons (Fsp3) is 0.273. The van der Waals surface area contributed by atoms with Crippen LogP contribution in [0.5, 0.6) is 0 Å². The number of nitrogens with one attached hydrogen (secondary N) is 2. The zero-order chi connectivity index (χ0) is 21.4. The molecule has 0 bridgehead atoms. The summed E-state index contributed by atoms with van der Waals surface area (Å²) >= 11 is 0. The topological polar surface area (TPSA) is 101 Å². The van der Waals surface area contributed by atoms with E-state index in [4.69, 9.17) is 4.74 Å². The molecule has 2 atom stereocenters. The lowest BCUT2D eigenvalue weighted by atomic mass is 10.2. The Morgan fingerprint density at radius 3 is 2.55 bits per heavy atom. The van der Waals surface area contributed by atoms with Gasteiger partial charge in [0.1, 0.15) is 11.2 Å². The van der Waals surface area contributed by atoms with Crippen molar-refractivity contribution in [2.24, 2.45) is 0 Å². The van der Waals surface area contributed by atoms with E-state index in [-0.39, 0.29) is 17.8 Å². The van der Waals surface area contributed by atoms with E-state index in [0.717, 1.165) is 30.3 Å². The number of hydrogen-bond acceptors (Lipinski definition) is 7. The van der Waals surface area contributed by atoms with Gasteiger partial charge < -0.3 is 15.0 Å². The van der Waals surface area contributed by atoms with E-state index in [1.807, 2.05) is 42.5 Å². The molecule has 0 amide bonds. The average Bonchev–Trinajstić information content (AvgIpc) is 3.19. The summed E-state index contributed by atoms with van der Waals surface area (Å²) in [4.78, 5) is 26.7. The number of H-pyrrole nitrogens is 1. The molecule has 1 aromatic carbocycles. The van der Waals surface area contributed by atoms with Gasteiger partial charge in [-0.25, -0.2) is 9.67 Å². The third kappa shape index (κ3) is 3.87. The summed E-state index contributed by atoms with van der Waals surface area (Å²) in [6, 6.07) is 13.5. The van der Waals surface area contributed by atoms with Crippen LogP contribution in [0.3, 0.4) is 0 Å². The molecule has 0 radical (unpaired) electrons. The summed E-state index contributed by atoms with van der Waals surface area (Å²) in [5, 5.41) is 7.90. The van der Waals surface area contributed by atoms with Crippen LogP contribution in [0.25, 0.3) is 16.7 Å². The first-order valence-electron chi connectivity index (χ1n) is 10.2. The molecule has 1 fully saturated rings. The number of aromatic nitrogens is 5. The first-order chi connectivity index (χ1) is 15.1. The molecule has 0 saturated carbocycles. The SMILES string of the molecule is CC1CN(c2ccc(Nc3nc4c(cnn4-c4ccccc4)c(=O)[nH]3)cn2)CC(C)O1. The van der Waals surface area contributed by atoms with Crippen LogP contribution in [0.4, 0.5) is 17.5 Å². The van der Waals surface area contributed by atoms with Crippen LogP contribution in [-0.4, -0.2) is 50.0 Å². The summed E-state index contributed by atoms with van der Waals surface area (Å²) < 4.78 is 7.44.